The first-order chi connectivity index (χ1) is 11.2. The van der Waals surface area contributed by atoms with Crippen molar-refractivity contribution in [1.29, 1.82) is 0 Å². The highest BCUT2D eigenvalue weighted by molar-refractivity contribution is 9.10. The van der Waals surface area contributed by atoms with Gasteiger partial charge in [0.15, 0.2) is 0 Å². The number of para-hydroxylation sites is 1. The van der Waals surface area contributed by atoms with Crippen LogP contribution in [0.15, 0.2) is 53.3 Å². The van der Waals surface area contributed by atoms with E-state index in [9.17, 15) is 0 Å². The molecule has 23 heavy (non-hydrogen) atoms. The van der Waals surface area contributed by atoms with Crippen molar-refractivity contribution in [2.45, 2.75) is 6.92 Å². The van der Waals surface area contributed by atoms with Gasteiger partial charge in [-0.3, -0.25) is 0 Å². The number of hydrogen-bond donors (Lipinski definition) is 0. The first-order valence-electron chi connectivity index (χ1n) is 7.25. The van der Waals surface area contributed by atoms with Crippen molar-refractivity contribution >= 4 is 32.5 Å². The number of pyridine rings is 2. The lowest BCUT2D eigenvalue weighted by Crippen LogP contribution is -1.96. The molecule has 0 N–H and O–H groups in total. The summed E-state index contributed by atoms with van der Waals surface area (Å²) in [6.07, 6.45) is 3.98. The number of halogens is 1. The summed E-state index contributed by atoms with van der Waals surface area (Å²) < 4.78 is 8.63. The van der Waals surface area contributed by atoms with E-state index in [0.717, 1.165) is 43.7 Å². The van der Waals surface area contributed by atoms with Gasteiger partial charge in [-0.1, -0.05) is 12.1 Å². The zero-order chi connectivity index (χ0) is 16.0. The van der Waals surface area contributed by atoms with Crippen LogP contribution >= 0.6 is 15.9 Å². The van der Waals surface area contributed by atoms with Gasteiger partial charge in [-0.25, -0.2) is 9.97 Å². The van der Waals surface area contributed by atoms with Gasteiger partial charge in [0.05, 0.1) is 18.3 Å². The number of aromatic nitrogens is 3. The monoisotopic (exact) mass is 367 g/mol. The zero-order valence-corrected chi connectivity index (χ0v) is 14.3. The number of nitrogens with zero attached hydrogens (tertiary/aromatic N) is 3. The highest BCUT2D eigenvalue weighted by Gasteiger charge is 2.16. The number of rotatable bonds is 2. The van der Waals surface area contributed by atoms with Crippen LogP contribution in [-0.2, 0) is 0 Å². The van der Waals surface area contributed by atoms with Gasteiger partial charge >= 0.3 is 0 Å². The minimum Gasteiger partial charge on any atom is -0.496 e. The highest BCUT2D eigenvalue weighted by atomic mass is 79.9. The molecule has 0 saturated carbocycles. The SMILES string of the molecule is COc1c(C)c(-c2cn3cc(Br)ccc3n2)nc2ccccc12. The summed E-state index contributed by atoms with van der Waals surface area (Å²) in [5.41, 5.74) is 4.47. The molecule has 5 heteroatoms. The molecule has 0 saturated heterocycles. The maximum atomic E-state index is 5.63. The Balaban J connectivity index is 2.01. The number of fused-ring (bicyclic) bond motifs is 2. The molecule has 0 unspecified atom stereocenters. The lowest BCUT2D eigenvalue weighted by molar-refractivity contribution is 0.416. The molecule has 1 aromatic carbocycles. The molecule has 0 spiro atoms. The molecule has 0 radical (unpaired) electrons. The maximum Gasteiger partial charge on any atom is 0.137 e. The summed E-state index contributed by atoms with van der Waals surface area (Å²) in [5.74, 6) is 0.851. The number of hydrogen-bond acceptors (Lipinski definition) is 3. The lowest BCUT2D eigenvalue weighted by Gasteiger charge is -2.11. The van der Waals surface area contributed by atoms with E-state index in [1.54, 1.807) is 7.11 Å². The Bertz CT molecular complexity index is 1040. The molecule has 0 aliphatic heterocycles. The second-order valence-electron chi connectivity index (χ2n) is 5.37. The second-order valence-corrected chi connectivity index (χ2v) is 6.29. The molecule has 4 aromatic rings. The largest absolute Gasteiger partial charge is 0.496 e. The molecule has 0 aliphatic rings. The smallest absolute Gasteiger partial charge is 0.137 e. The predicted molar refractivity (Wildman–Crippen MR) is 94.9 cm³/mol. The van der Waals surface area contributed by atoms with E-state index in [0.29, 0.717) is 0 Å². The summed E-state index contributed by atoms with van der Waals surface area (Å²) >= 11 is 3.48. The van der Waals surface area contributed by atoms with Crippen molar-refractivity contribution in [1.82, 2.24) is 14.4 Å². The molecular weight excluding hydrogens is 354 g/mol. The third-order valence-electron chi connectivity index (χ3n) is 3.94. The van der Waals surface area contributed by atoms with Gasteiger partial charge < -0.3 is 9.14 Å². The summed E-state index contributed by atoms with van der Waals surface area (Å²) in [6.45, 7) is 2.02. The zero-order valence-electron chi connectivity index (χ0n) is 12.7. The van der Waals surface area contributed by atoms with Crippen LogP contribution in [-0.4, -0.2) is 21.5 Å². The molecule has 0 aliphatic carbocycles. The summed E-state index contributed by atoms with van der Waals surface area (Å²) in [7, 11) is 1.69. The predicted octanol–water partition coefficient (Wildman–Crippen LogP) is 4.63. The minimum atomic E-state index is 0.838. The molecule has 3 heterocycles. The van der Waals surface area contributed by atoms with Crippen LogP contribution in [0.25, 0.3) is 27.9 Å². The standard InChI is InChI=1S/C18H14BrN3O/c1-11-17(15-10-22-9-12(19)7-8-16(22)20-15)21-14-6-4-3-5-13(14)18(11)23-2/h3-10H,1-2H3. The number of methoxy groups -OCH3 is 1. The van der Waals surface area contributed by atoms with E-state index >= 15 is 0 Å². The van der Waals surface area contributed by atoms with Gasteiger partial charge in [0.1, 0.15) is 17.1 Å². The Kier molecular flexibility index (Phi) is 3.31. The van der Waals surface area contributed by atoms with Crippen molar-refractivity contribution in [3.05, 3.63) is 58.8 Å². The number of benzene rings is 1. The minimum absolute atomic E-state index is 0.838. The molecule has 0 fully saturated rings. The Morgan fingerprint density at radius 2 is 1.87 bits per heavy atom. The van der Waals surface area contributed by atoms with E-state index < -0.39 is 0 Å². The van der Waals surface area contributed by atoms with Crippen LogP contribution < -0.4 is 4.74 Å². The third-order valence-corrected chi connectivity index (χ3v) is 4.41. The maximum absolute atomic E-state index is 5.63. The number of ether oxygens (including phenoxy) is 1. The topological polar surface area (TPSA) is 39.4 Å². The quantitative estimate of drug-likeness (QED) is 0.518. The molecular formula is C18H14BrN3O. The van der Waals surface area contributed by atoms with Crippen LogP contribution in [0.5, 0.6) is 5.75 Å². The Morgan fingerprint density at radius 3 is 2.70 bits per heavy atom. The summed E-state index contributed by atoms with van der Waals surface area (Å²) in [4.78, 5) is 9.49. The second kappa shape index (κ2) is 5.35. The van der Waals surface area contributed by atoms with Crippen LogP contribution in [0.3, 0.4) is 0 Å². The van der Waals surface area contributed by atoms with E-state index in [-0.39, 0.29) is 0 Å². The molecule has 4 rings (SSSR count). The Morgan fingerprint density at radius 1 is 1.04 bits per heavy atom. The molecule has 4 nitrogen and oxygen atoms in total. The first kappa shape index (κ1) is 14.2. The van der Waals surface area contributed by atoms with Gasteiger partial charge in [0.2, 0.25) is 0 Å². The first-order valence-corrected chi connectivity index (χ1v) is 8.04. The molecule has 114 valence electrons. The number of imidazole rings is 1. The van der Waals surface area contributed by atoms with Gasteiger partial charge in [0, 0.05) is 27.8 Å². The van der Waals surface area contributed by atoms with Gasteiger partial charge in [-0.05, 0) is 47.1 Å². The van der Waals surface area contributed by atoms with Crippen molar-refractivity contribution in [3.63, 3.8) is 0 Å². The Hall–Kier alpha value is -2.40. The molecule has 0 amide bonds. The van der Waals surface area contributed by atoms with Gasteiger partial charge in [0.25, 0.3) is 0 Å². The fourth-order valence-electron chi connectivity index (χ4n) is 2.87. The third kappa shape index (κ3) is 2.28. The van der Waals surface area contributed by atoms with Crippen LogP contribution in [0.4, 0.5) is 0 Å². The lowest BCUT2D eigenvalue weighted by atomic mass is 10.1. The van der Waals surface area contributed by atoms with E-state index in [2.05, 4.69) is 15.9 Å². The summed E-state index contributed by atoms with van der Waals surface area (Å²) in [5, 5.41) is 1.02. The average Bonchev–Trinajstić information content (AvgIpc) is 2.97. The molecule has 0 atom stereocenters. The van der Waals surface area contributed by atoms with Crippen LogP contribution in [0.2, 0.25) is 0 Å². The molecule has 0 bridgehead atoms. The normalized spacial score (nSPS) is 11.3. The van der Waals surface area contributed by atoms with Crippen molar-refractivity contribution in [2.24, 2.45) is 0 Å². The van der Waals surface area contributed by atoms with E-state index in [1.807, 2.05) is 60.1 Å². The Labute approximate surface area is 141 Å². The van der Waals surface area contributed by atoms with Crippen LogP contribution in [0.1, 0.15) is 5.56 Å². The average molecular weight is 368 g/mol. The van der Waals surface area contributed by atoms with Gasteiger partial charge in [-0.2, -0.15) is 0 Å². The summed E-state index contributed by atoms with van der Waals surface area (Å²) in [6, 6.07) is 11.9. The van der Waals surface area contributed by atoms with Crippen molar-refractivity contribution in [2.75, 3.05) is 7.11 Å². The highest BCUT2D eigenvalue weighted by Crippen LogP contribution is 2.34. The fourth-order valence-corrected chi connectivity index (χ4v) is 3.22. The van der Waals surface area contributed by atoms with E-state index in [4.69, 9.17) is 14.7 Å². The van der Waals surface area contributed by atoms with Crippen LogP contribution in [0, 0.1) is 6.92 Å². The van der Waals surface area contributed by atoms with Crippen molar-refractivity contribution < 1.29 is 4.74 Å². The fraction of sp³-hybridized carbons (Fsp3) is 0.111. The van der Waals surface area contributed by atoms with Crippen molar-refractivity contribution in [3.8, 4) is 17.1 Å². The van der Waals surface area contributed by atoms with E-state index in [1.165, 1.54) is 0 Å². The molecule has 3 aromatic heterocycles. The van der Waals surface area contributed by atoms with Gasteiger partial charge in [-0.15, -0.1) is 0 Å².